The van der Waals surface area contributed by atoms with Gasteiger partial charge in [0.2, 0.25) is 5.91 Å². The summed E-state index contributed by atoms with van der Waals surface area (Å²) < 4.78 is 4.93. The van der Waals surface area contributed by atoms with Crippen molar-refractivity contribution in [2.24, 2.45) is 11.1 Å². The number of amides is 1. The van der Waals surface area contributed by atoms with E-state index in [1.165, 1.54) is 0 Å². The molecule has 0 aliphatic rings. The Morgan fingerprint density at radius 1 is 1.14 bits per heavy atom. The Balaban J connectivity index is 2.65. The van der Waals surface area contributed by atoms with Gasteiger partial charge in [-0.2, -0.15) is 0 Å². The summed E-state index contributed by atoms with van der Waals surface area (Å²) in [6, 6.07) is 7.04. The Hall–Kier alpha value is -1.88. The molecule has 5 nitrogen and oxygen atoms in total. The molecule has 0 saturated heterocycles. The molecule has 5 heteroatoms. The first kappa shape index (κ1) is 18.2. The number of carbonyl (C=O) groups excluding carboxylic acids is 2. The van der Waals surface area contributed by atoms with E-state index < -0.39 is 5.41 Å². The average molecular weight is 306 g/mol. The van der Waals surface area contributed by atoms with Crippen molar-refractivity contribution in [3.05, 3.63) is 35.4 Å². The van der Waals surface area contributed by atoms with Crippen molar-refractivity contribution in [2.45, 2.75) is 40.2 Å². The smallest absolute Gasteiger partial charge is 0.338 e. The van der Waals surface area contributed by atoms with Crippen LogP contribution < -0.4 is 11.1 Å². The van der Waals surface area contributed by atoms with E-state index in [1.54, 1.807) is 19.1 Å². The van der Waals surface area contributed by atoms with Crippen molar-refractivity contribution >= 4 is 11.9 Å². The van der Waals surface area contributed by atoms with Crippen molar-refractivity contribution in [2.75, 3.05) is 13.2 Å². The van der Waals surface area contributed by atoms with Gasteiger partial charge in [-0.05, 0) is 37.5 Å². The summed E-state index contributed by atoms with van der Waals surface area (Å²) in [5.74, 6) is -0.355. The minimum absolute atomic E-state index is 0.0190. The maximum absolute atomic E-state index is 12.3. The lowest BCUT2D eigenvalue weighted by atomic mass is 9.81. The van der Waals surface area contributed by atoms with Crippen LogP contribution in [-0.4, -0.2) is 25.0 Å². The number of carbonyl (C=O) groups is 2. The highest BCUT2D eigenvalue weighted by Crippen LogP contribution is 2.25. The highest BCUT2D eigenvalue weighted by molar-refractivity contribution is 5.89. The molecule has 1 rings (SSSR count). The molecule has 0 bridgehead atoms. The third-order valence-corrected chi connectivity index (χ3v) is 4.14. The minimum Gasteiger partial charge on any atom is -0.462 e. The summed E-state index contributed by atoms with van der Waals surface area (Å²) in [5.41, 5.74) is 6.71. The van der Waals surface area contributed by atoms with Crippen LogP contribution in [0.5, 0.6) is 0 Å². The molecule has 0 atom stereocenters. The average Bonchev–Trinajstić information content (AvgIpc) is 2.55. The number of esters is 1. The van der Waals surface area contributed by atoms with E-state index in [-0.39, 0.29) is 11.9 Å². The Morgan fingerprint density at radius 3 is 2.18 bits per heavy atom. The standard InChI is InChI=1S/C17H26N2O3/c1-4-17(5-2,12-18)16(21)19-11-13-7-9-14(10-8-13)15(20)22-6-3/h7-10H,4-6,11-12,18H2,1-3H3,(H,19,21). The lowest BCUT2D eigenvalue weighted by Gasteiger charge is -2.28. The summed E-state index contributed by atoms with van der Waals surface area (Å²) in [6.45, 7) is 6.84. The molecular formula is C17H26N2O3. The molecule has 122 valence electrons. The lowest BCUT2D eigenvalue weighted by Crippen LogP contribution is -2.45. The topological polar surface area (TPSA) is 81.4 Å². The fourth-order valence-corrected chi connectivity index (χ4v) is 2.30. The molecule has 0 aliphatic heterocycles. The number of benzene rings is 1. The van der Waals surface area contributed by atoms with Gasteiger partial charge in [0.1, 0.15) is 0 Å². The number of hydrogen-bond acceptors (Lipinski definition) is 4. The monoisotopic (exact) mass is 306 g/mol. The van der Waals surface area contributed by atoms with Gasteiger partial charge in [-0.1, -0.05) is 26.0 Å². The van der Waals surface area contributed by atoms with Gasteiger partial charge in [0, 0.05) is 13.1 Å². The largest absolute Gasteiger partial charge is 0.462 e. The normalized spacial score (nSPS) is 11.1. The van der Waals surface area contributed by atoms with Crippen molar-refractivity contribution in [1.29, 1.82) is 0 Å². The Bertz CT molecular complexity index is 485. The molecule has 0 saturated carbocycles. The number of nitrogens with two attached hydrogens (primary N) is 1. The lowest BCUT2D eigenvalue weighted by molar-refractivity contribution is -0.131. The van der Waals surface area contributed by atoms with Crippen LogP contribution in [0.2, 0.25) is 0 Å². The zero-order valence-corrected chi connectivity index (χ0v) is 13.6. The van der Waals surface area contributed by atoms with Gasteiger partial charge in [-0.25, -0.2) is 4.79 Å². The zero-order chi connectivity index (χ0) is 16.6. The fourth-order valence-electron chi connectivity index (χ4n) is 2.30. The van der Waals surface area contributed by atoms with E-state index in [1.807, 2.05) is 26.0 Å². The first-order chi connectivity index (χ1) is 10.5. The molecule has 1 aromatic carbocycles. The first-order valence-corrected chi connectivity index (χ1v) is 7.77. The van der Waals surface area contributed by atoms with Crippen LogP contribution in [-0.2, 0) is 16.1 Å². The fraction of sp³-hybridized carbons (Fsp3) is 0.529. The second-order valence-electron chi connectivity index (χ2n) is 5.29. The van der Waals surface area contributed by atoms with E-state index in [4.69, 9.17) is 10.5 Å². The molecule has 0 aliphatic carbocycles. The van der Waals surface area contributed by atoms with Crippen molar-refractivity contribution in [3.8, 4) is 0 Å². The van der Waals surface area contributed by atoms with Crippen molar-refractivity contribution < 1.29 is 14.3 Å². The van der Waals surface area contributed by atoms with Gasteiger partial charge >= 0.3 is 5.97 Å². The van der Waals surface area contributed by atoms with E-state index in [0.29, 0.717) is 38.1 Å². The van der Waals surface area contributed by atoms with Crippen LogP contribution in [0.3, 0.4) is 0 Å². The predicted octanol–water partition coefficient (Wildman–Crippen LogP) is 2.24. The highest BCUT2D eigenvalue weighted by atomic mass is 16.5. The summed E-state index contributed by atoms with van der Waals surface area (Å²) in [7, 11) is 0. The summed E-state index contributed by atoms with van der Waals surface area (Å²) in [4.78, 5) is 23.9. The van der Waals surface area contributed by atoms with Crippen LogP contribution in [0, 0.1) is 5.41 Å². The number of rotatable bonds is 8. The number of ether oxygens (including phenoxy) is 1. The SMILES string of the molecule is CCOC(=O)c1ccc(CNC(=O)C(CC)(CC)CN)cc1. The molecule has 1 aromatic rings. The maximum Gasteiger partial charge on any atom is 0.338 e. The van der Waals surface area contributed by atoms with Crippen molar-refractivity contribution in [1.82, 2.24) is 5.32 Å². The van der Waals surface area contributed by atoms with Gasteiger partial charge in [0.15, 0.2) is 0 Å². The minimum atomic E-state index is -0.495. The van der Waals surface area contributed by atoms with E-state index in [2.05, 4.69) is 5.32 Å². The van der Waals surface area contributed by atoms with Crippen LogP contribution in [0.4, 0.5) is 0 Å². The predicted molar refractivity (Wildman–Crippen MR) is 86.3 cm³/mol. The molecule has 1 amide bonds. The Labute approximate surface area is 132 Å². The van der Waals surface area contributed by atoms with Gasteiger partial charge < -0.3 is 15.8 Å². The summed E-state index contributed by atoms with van der Waals surface area (Å²) in [5, 5.41) is 2.93. The van der Waals surface area contributed by atoms with Gasteiger partial charge in [0.25, 0.3) is 0 Å². The summed E-state index contributed by atoms with van der Waals surface area (Å²) in [6.07, 6.45) is 1.43. The second-order valence-corrected chi connectivity index (χ2v) is 5.29. The highest BCUT2D eigenvalue weighted by Gasteiger charge is 2.32. The van der Waals surface area contributed by atoms with E-state index in [0.717, 1.165) is 5.56 Å². The molecule has 3 N–H and O–H groups in total. The van der Waals surface area contributed by atoms with Gasteiger partial charge in [-0.15, -0.1) is 0 Å². The van der Waals surface area contributed by atoms with Gasteiger partial charge in [0.05, 0.1) is 17.6 Å². The molecule has 0 fully saturated rings. The van der Waals surface area contributed by atoms with E-state index in [9.17, 15) is 9.59 Å². The number of hydrogen-bond donors (Lipinski definition) is 2. The van der Waals surface area contributed by atoms with E-state index >= 15 is 0 Å². The third kappa shape index (κ3) is 4.31. The molecule has 0 spiro atoms. The zero-order valence-electron chi connectivity index (χ0n) is 13.6. The van der Waals surface area contributed by atoms with Crippen LogP contribution in [0.15, 0.2) is 24.3 Å². The molecule has 0 heterocycles. The van der Waals surface area contributed by atoms with Crippen LogP contribution in [0.25, 0.3) is 0 Å². The quantitative estimate of drug-likeness (QED) is 0.722. The molecule has 0 unspecified atom stereocenters. The Kier molecular flexibility index (Phi) is 7.05. The van der Waals surface area contributed by atoms with Crippen molar-refractivity contribution in [3.63, 3.8) is 0 Å². The van der Waals surface area contributed by atoms with Crippen LogP contribution >= 0.6 is 0 Å². The molecule has 0 aromatic heterocycles. The molecule has 0 radical (unpaired) electrons. The van der Waals surface area contributed by atoms with Gasteiger partial charge in [-0.3, -0.25) is 4.79 Å². The Morgan fingerprint density at radius 2 is 1.73 bits per heavy atom. The van der Waals surface area contributed by atoms with Crippen LogP contribution in [0.1, 0.15) is 49.5 Å². The first-order valence-electron chi connectivity index (χ1n) is 7.77. The summed E-state index contributed by atoms with van der Waals surface area (Å²) >= 11 is 0. The second kappa shape index (κ2) is 8.54. The maximum atomic E-state index is 12.3. The molecule has 22 heavy (non-hydrogen) atoms. The third-order valence-electron chi connectivity index (χ3n) is 4.14. The molecular weight excluding hydrogens is 280 g/mol. The number of nitrogens with one attached hydrogen (secondary N) is 1.